The van der Waals surface area contributed by atoms with E-state index in [-0.39, 0.29) is 16.4 Å². The molecule has 2 unspecified atom stereocenters. The molecule has 46 heavy (non-hydrogen) atoms. The molecule has 0 radical (unpaired) electrons. The minimum atomic E-state index is -3.77. The van der Waals surface area contributed by atoms with E-state index in [1.807, 2.05) is 42.7 Å². The first-order valence-corrected chi connectivity index (χ1v) is 18.1. The van der Waals surface area contributed by atoms with Gasteiger partial charge < -0.3 is 25.4 Å². The molecule has 0 aliphatic carbocycles. The molecule has 0 bridgehead atoms. The van der Waals surface area contributed by atoms with Crippen molar-refractivity contribution in [3.05, 3.63) is 78.4 Å². The van der Waals surface area contributed by atoms with Gasteiger partial charge in [0, 0.05) is 23.7 Å². The van der Waals surface area contributed by atoms with Crippen molar-refractivity contribution in [1.82, 2.24) is 10.6 Å². The topological polar surface area (TPSA) is 142 Å². The number of hydrogen-bond donors (Lipinski definition) is 3. The molecule has 2 amide bonds. The molecule has 12 heteroatoms. The van der Waals surface area contributed by atoms with Crippen LogP contribution in [0, 0.1) is 5.41 Å². The number of anilines is 2. The highest BCUT2D eigenvalue weighted by molar-refractivity contribution is 7.98. The standard InChI is InChI=1S/C34H41N3O7S2/c1-4-6-17-34(5-2)22-37(25-15-11-8-12-16-25)26-18-28(45-3)27(19-29(26)46(42,43)23-34)44-21-30(38)36-32(24-13-9-7-10-14-24)33(41)35-20-31(39)40/h7-16,18-19,32H,4-6,17,20-23H2,1-3H3,(H,35,41)(H,36,38)(H,39,40). The number of aliphatic carboxylic acids is 1. The Bertz CT molecular complexity index is 1640. The van der Waals surface area contributed by atoms with Gasteiger partial charge in [0.05, 0.1) is 21.2 Å². The molecule has 2 atom stereocenters. The van der Waals surface area contributed by atoms with Crippen LogP contribution in [-0.2, 0) is 24.2 Å². The van der Waals surface area contributed by atoms with Crippen LogP contribution < -0.4 is 20.3 Å². The Hall–Kier alpha value is -4.03. The minimum absolute atomic E-state index is 0.00438. The number of benzene rings is 3. The van der Waals surface area contributed by atoms with Crippen LogP contribution in [0.3, 0.4) is 0 Å². The average Bonchev–Trinajstić information content (AvgIpc) is 3.16. The SMILES string of the molecule is CCCCC1(CC)CN(c2ccccc2)c2cc(SC)c(OCC(=O)NC(C(=O)NCC(=O)O)c3ccccc3)cc2S(=O)(=O)C1. The molecule has 10 nitrogen and oxygen atoms in total. The smallest absolute Gasteiger partial charge is 0.322 e. The quantitative estimate of drug-likeness (QED) is 0.194. The lowest BCUT2D eigenvalue weighted by Gasteiger charge is -2.36. The van der Waals surface area contributed by atoms with Crippen molar-refractivity contribution in [1.29, 1.82) is 0 Å². The van der Waals surface area contributed by atoms with E-state index in [1.165, 1.54) is 17.8 Å². The number of carboxylic acid groups (broad SMARTS) is 1. The normalized spacial score (nSPS) is 17.7. The van der Waals surface area contributed by atoms with Gasteiger partial charge in [0.25, 0.3) is 5.91 Å². The molecular formula is C34H41N3O7S2. The number of thioether (sulfide) groups is 1. The summed E-state index contributed by atoms with van der Waals surface area (Å²) in [6.45, 7) is 3.59. The Balaban J connectivity index is 1.66. The van der Waals surface area contributed by atoms with Crippen LogP contribution in [-0.4, -0.2) is 63.0 Å². The molecule has 3 aromatic carbocycles. The molecule has 246 valence electrons. The fourth-order valence-corrected chi connectivity index (χ4v) is 8.42. The fourth-order valence-electron chi connectivity index (χ4n) is 5.70. The van der Waals surface area contributed by atoms with E-state index >= 15 is 0 Å². The number of hydrogen-bond acceptors (Lipinski definition) is 8. The number of fused-ring (bicyclic) bond motifs is 1. The predicted molar refractivity (Wildman–Crippen MR) is 179 cm³/mol. The second-order valence-electron chi connectivity index (χ2n) is 11.4. The van der Waals surface area contributed by atoms with E-state index in [4.69, 9.17) is 9.84 Å². The molecule has 3 N–H and O–H groups in total. The number of sulfone groups is 1. The number of ether oxygens (including phenoxy) is 1. The van der Waals surface area contributed by atoms with Crippen molar-refractivity contribution < 1.29 is 32.6 Å². The fraction of sp³-hybridized carbons (Fsp3) is 0.382. The van der Waals surface area contributed by atoms with E-state index in [0.29, 0.717) is 29.1 Å². The third-order valence-electron chi connectivity index (χ3n) is 8.21. The second kappa shape index (κ2) is 15.5. The van der Waals surface area contributed by atoms with Gasteiger partial charge in [-0.25, -0.2) is 8.42 Å². The lowest BCUT2D eigenvalue weighted by Crippen LogP contribution is -2.43. The summed E-state index contributed by atoms with van der Waals surface area (Å²) >= 11 is 1.37. The van der Waals surface area contributed by atoms with Crippen molar-refractivity contribution in [3.8, 4) is 5.75 Å². The third-order valence-corrected chi connectivity index (χ3v) is 11.0. The van der Waals surface area contributed by atoms with E-state index in [0.717, 1.165) is 24.9 Å². The molecular weight excluding hydrogens is 627 g/mol. The van der Waals surface area contributed by atoms with Crippen molar-refractivity contribution >= 4 is 50.8 Å². The van der Waals surface area contributed by atoms with Crippen molar-refractivity contribution in [3.63, 3.8) is 0 Å². The summed E-state index contributed by atoms with van der Waals surface area (Å²) in [5, 5.41) is 13.9. The van der Waals surface area contributed by atoms with Crippen LogP contribution in [0.25, 0.3) is 0 Å². The Kier molecular flexibility index (Phi) is 11.7. The highest BCUT2D eigenvalue weighted by atomic mass is 32.2. The van der Waals surface area contributed by atoms with E-state index in [9.17, 15) is 22.8 Å². The number of carboxylic acids is 1. The van der Waals surface area contributed by atoms with Gasteiger partial charge >= 0.3 is 5.97 Å². The number of unbranched alkanes of at least 4 members (excludes halogenated alkanes) is 1. The number of para-hydroxylation sites is 1. The number of nitrogens with one attached hydrogen (secondary N) is 2. The van der Waals surface area contributed by atoms with E-state index in [1.54, 1.807) is 30.3 Å². The zero-order chi connectivity index (χ0) is 33.3. The maximum absolute atomic E-state index is 14.1. The molecule has 1 heterocycles. The highest BCUT2D eigenvalue weighted by Crippen LogP contribution is 2.47. The Labute approximate surface area is 274 Å². The first-order valence-electron chi connectivity index (χ1n) is 15.3. The summed E-state index contributed by atoms with van der Waals surface area (Å²) in [6, 6.07) is 20.4. The van der Waals surface area contributed by atoms with Gasteiger partial charge in [0.15, 0.2) is 16.4 Å². The maximum atomic E-state index is 14.1. The number of carbonyl (C=O) groups excluding carboxylic acids is 2. The van der Waals surface area contributed by atoms with Crippen LogP contribution in [0.5, 0.6) is 5.75 Å². The van der Waals surface area contributed by atoms with Gasteiger partial charge in [-0.1, -0.05) is 75.2 Å². The van der Waals surface area contributed by atoms with E-state index < -0.39 is 52.2 Å². The van der Waals surface area contributed by atoms with Gasteiger partial charge in [-0.3, -0.25) is 14.4 Å². The largest absolute Gasteiger partial charge is 0.483 e. The molecule has 0 fully saturated rings. The molecule has 0 saturated carbocycles. The van der Waals surface area contributed by atoms with Gasteiger partial charge in [-0.05, 0) is 42.9 Å². The minimum Gasteiger partial charge on any atom is -0.483 e. The number of rotatable bonds is 14. The number of nitrogens with zero attached hydrogens (tertiary/aromatic N) is 1. The number of amides is 2. The van der Waals surface area contributed by atoms with Crippen LogP contribution >= 0.6 is 11.8 Å². The molecule has 1 aliphatic heterocycles. The summed E-state index contributed by atoms with van der Waals surface area (Å²) < 4.78 is 34.2. The van der Waals surface area contributed by atoms with Gasteiger partial charge in [0.2, 0.25) is 5.91 Å². The van der Waals surface area contributed by atoms with Gasteiger partial charge in [-0.2, -0.15) is 0 Å². The summed E-state index contributed by atoms with van der Waals surface area (Å²) in [5.41, 5.74) is 1.46. The van der Waals surface area contributed by atoms with Crippen LogP contribution in [0.4, 0.5) is 11.4 Å². The molecule has 0 aromatic heterocycles. The number of carbonyl (C=O) groups is 3. The summed E-state index contributed by atoms with van der Waals surface area (Å²) in [7, 11) is -3.77. The lowest BCUT2D eigenvalue weighted by molar-refractivity contribution is -0.138. The molecule has 0 saturated heterocycles. The maximum Gasteiger partial charge on any atom is 0.322 e. The van der Waals surface area contributed by atoms with Crippen molar-refractivity contribution in [2.45, 2.75) is 55.4 Å². The molecule has 0 spiro atoms. The molecule has 3 aromatic rings. The zero-order valence-corrected chi connectivity index (χ0v) is 28.0. The first-order chi connectivity index (χ1) is 22.0. The van der Waals surface area contributed by atoms with Crippen LogP contribution in [0.1, 0.15) is 51.1 Å². The Morgan fingerprint density at radius 2 is 1.72 bits per heavy atom. The lowest BCUT2D eigenvalue weighted by atomic mass is 9.81. The van der Waals surface area contributed by atoms with Crippen molar-refractivity contribution in [2.24, 2.45) is 5.41 Å². The monoisotopic (exact) mass is 667 g/mol. The summed E-state index contributed by atoms with van der Waals surface area (Å²) in [5.74, 6) is -2.31. The third kappa shape index (κ3) is 8.41. The predicted octanol–water partition coefficient (Wildman–Crippen LogP) is 5.36. The zero-order valence-electron chi connectivity index (χ0n) is 26.3. The summed E-state index contributed by atoms with van der Waals surface area (Å²) in [4.78, 5) is 39.8. The van der Waals surface area contributed by atoms with Crippen LogP contribution in [0.15, 0.2) is 82.6 Å². The Morgan fingerprint density at radius 1 is 1.04 bits per heavy atom. The second-order valence-corrected chi connectivity index (χ2v) is 14.2. The van der Waals surface area contributed by atoms with Gasteiger partial charge in [0.1, 0.15) is 18.3 Å². The van der Waals surface area contributed by atoms with Crippen LogP contribution in [0.2, 0.25) is 0 Å². The molecule has 4 rings (SSSR count). The van der Waals surface area contributed by atoms with Gasteiger partial charge in [-0.15, -0.1) is 11.8 Å². The highest BCUT2D eigenvalue weighted by Gasteiger charge is 2.42. The Morgan fingerprint density at radius 3 is 2.33 bits per heavy atom. The summed E-state index contributed by atoms with van der Waals surface area (Å²) in [6.07, 6.45) is 5.20. The average molecular weight is 668 g/mol. The first kappa shape index (κ1) is 34.8. The van der Waals surface area contributed by atoms with Crippen molar-refractivity contribution in [2.75, 3.05) is 36.6 Å². The van der Waals surface area contributed by atoms with E-state index in [2.05, 4.69) is 29.4 Å². The molecule has 1 aliphatic rings.